The van der Waals surface area contributed by atoms with Gasteiger partial charge in [-0.05, 0) is 44.6 Å². The van der Waals surface area contributed by atoms with Gasteiger partial charge in [-0.25, -0.2) is 4.39 Å². The van der Waals surface area contributed by atoms with E-state index in [1.165, 1.54) is 18.6 Å². The molecule has 3 heteroatoms. The number of hydrogen-bond acceptors (Lipinski definition) is 2. The van der Waals surface area contributed by atoms with Crippen LogP contribution in [0.15, 0.2) is 24.3 Å². The van der Waals surface area contributed by atoms with E-state index in [9.17, 15) is 4.39 Å². The summed E-state index contributed by atoms with van der Waals surface area (Å²) in [5.74, 6) is -0.170. The zero-order valence-electron chi connectivity index (χ0n) is 9.91. The molecule has 1 unspecified atom stereocenters. The lowest BCUT2D eigenvalue weighted by Gasteiger charge is -2.19. The maximum Gasteiger partial charge on any atom is 0.123 e. The van der Waals surface area contributed by atoms with Crippen LogP contribution in [0.2, 0.25) is 0 Å². The van der Waals surface area contributed by atoms with E-state index < -0.39 is 0 Å². The molecule has 0 bridgehead atoms. The van der Waals surface area contributed by atoms with Crippen molar-refractivity contribution in [3.05, 3.63) is 35.6 Å². The minimum Gasteiger partial charge on any atom is -0.306 e. The van der Waals surface area contributed by atoms with E-state index in [0.717, 1.165) is 18.7 Å². The van der Waals surface area contributed by atoms with Gasteiger partial charge in [0, 0.05) is 18.6 Å². The topological polar surface area (TPSA) is 15.3 Å². The van der Waals surface area contributed by atoms with Gasteiger partial charge in [0.1, 0.15) is 5.82 Å². The highest BCUT2D eigenvalue weighted by Crippen LogP contribution is 2.16. The first-order valence-corrected chi connectivity index (χ1v) is 5.85. The molecule has 1 saturated heterocycles. The molecule has 2 rings (SSSR count). The second kappa shape index (κ2) is 4.93. The molecule has 1 fully saturated rings. The van der Waals surface area contributed by atoms with E-state index in [-0.39, 0.29) is 11.9 Å². The molecule has 88 valence electrons. The highest BCUT2D eigenvalue weighted by Gasteiger charge is 2.20. The van der Waals surface area contributed by atoms with Gasteiger partial charge in [-0.1, -0.05) is 12.1 Å². The van der Waals surface area contributed by atoms with Gasteiger partial charge in [0.15, 0.2) is 0 Å². The normalized spacial score (nSPS) is 23.6. The molecule has 1 heterocycles. The molecule has 0 saturated carbocycles. The molecule has 2 nitrogen and oxygen atoms in total. The standard InChI is InChI=1S/C13H19FN2/c1-10(11-3-5-12(14)6-4-11)15-13-7-8-16(2)9-13/h3-6,10,13,15H,7-9H2,1-2H3/t10-,13?/m0/s1. The molecule has 1 aliphatic rings. The van der Waals surface area contributed by atoms with Crippen LogP contribution in [0.3, 0.4) is 0 Å². The highest BCUT2D eigenvalue weighted by molar-refractivity contribution is 5.19. The summed E-state index contributed by atoms with van der Waals surface area (Å²) in [6.45, 7) is 4.39. The van der Waals surface area contributed by atoms with Gasteiger partial charge in [-0.15, -0.1) is 0 Å². The minimum absolute atomic E-state index is 0.170. The van der Waals surface area contributed by atoms with Crippen molar-refractivity contribution in [2.24, 2.45) is 0 Å². The molecule has 16 heavy (non-hydrogen) atoms. The average Bonchev–Trinajstić information content (AvgIpc) is 2.65. The number of hydrogen-bond donors (Lipinski definition) is 1. The van der Waals surface area contributed by atoms with Gasteiger partial charge in [0.25, 0.3) is 0 Å². The van der Waals surface area contributed by atoms with Gasteiger partial charge in [-0.2, -0.15) is 0 Å². The molecule has 0 aromatic heterocycles. The monoisotopic (exact) mass is 222 g/mol. The number of likely N-dealkylation sites (N-methyl/N-ethyl adjacent to an activating group) is 1. The second-order valence-corrected chi connectivity index (χ2v) is 4.69. The Morgan fingerprint density at radius 1 is 1.38 bits per heavy atom. The van der Waals surface area contributed by atoms with Crippen molar-refractivity contribution >= 4 is 0 Å². The Morgan fingerprint density at radius 2 is 2.06 bits per heavy atom. The Morgan fingerprint density at radius 3 is 2.62 bits per heavy atom. The number of rotatable bonds is 3. The van der Waals surface area contributed by atoms with Crippen molar-refractivity contribution in [2.75, 3.05) is 20.1 Å². The summed E-state index contributed by atoms with van der Waals surface area (Å²) in [7, 11) is 2.14. The molecule has 2 atom stereocenters. The summed E-state index contributed by atoms with van der Waals surface area (Å²) >= 11 is 0. The third-order valence-electron chi connectivity index (χ3n) is 3.25. The number of nitrogens with one attached hydrogen (secondary N) is 1. The molecule has 0 radical (unpaired) electrons. The Balaban J connectivity index is 1.92. The first kappa shape index (κ1) is 11.6. The fraction of sp³-hybridized carbons (Fsp3) is 0.538. The number of benzene rings is 1. The molecule has 1 N–H and O–H groups in total. The molecular formula is C13H19FN2. The zero-order valence-corrected chi connectivity index (χ0v) is 9.91. The average molecular weight is 222 g/mol. The van der Waals surface area contributed by atoms with Crippen LogP contribution in [0.5, 0.6) is 0 Å². The van der Waals surface area contributed by atoms with Crippen LogP contribution in [0.4, 0.5) is 4.39 Å². The molecule has 1 aliphatic heterocycles. The van der Waals surface area contributed by atoms with Crippen molar-refractivity contribution < 1.29 is 4.39 Å². The van der Waals surface area contributed by atoms with Crippen LogP contribution >= 0.6 is 0 Å². The van der Waals surface area contributed by atoms with Crippen LogP contribution in [0.25, 0.3) is 0 Å². The van der Waals surface area contributed by atoms with Gasteiger partial charge < -0.3 is 10.2 Å². The Labute approximate surface area is 96.5 Å². The lowest BCUT2D eigenvalue weighted by Crippen LogP contribution is -2.33. The summed E-state index contributed by atoms with van der Waals surface area (Å²) in [5.41, 5.74) is 1.15. The quantitative estimate of drug-likeness (QED) is 0.843. The fourth-order valence-corrected chi connectivity index (χ4v) is 2.27. The van der Waals surface area contributed by atoms with Crippen LogP contribution in [-0.2, 0) is 0 Å². The smallest absolute Gasteiger partial charge is 0.123 e. The SMILES string of the molecule is C[C@H](NC1CCN(C)C1)c1ccc(F)cc1. The van der Waals surface area contributed by atoms with Crippen molar-refractivity contribution in [2.45, 2.75) is 25.4 Å². The fourth-order valence-electron chi connectivity index (χ4n) is 2.27. The number of nitrogens with zero attached hydrogens (tertiary/aromatic N) is 1. The summed E-state index contributed by atoms with van der Waals surface area (Å²) in [6, 6.07) is 7.60. The maximum atomic E-state index is 12.8. The van der Waals surface area contributed by atoms with Crippen LogP contribution < -0.4 is 5.32 Å². The summed E-state index contributed by atoms with van der Waals surface area (Å²) in [4.78, 5) is 2.33. The Bertz CT molecular complexity index is 336. The van der Waals surface area contributed by atoms with Crippen molar-refractivity contribution in [1.29, 1.82) is 0 Å². The van der Waals surface area contributed by atoms with Crippen molar-refractivity contribution in [1.82, 2.24) is 10.2 Å². The maximum absolute atomic E-state index is 12.8. The predicted molar refractivity (Wildman–Crippen MR) is 63.9 cm³/mol. The number of likely N-dealkylation sites (tertiary alicyclic amines) is 1. The predicted octanol–water partition coefficient (Wildman–Crippen LogP) is 2.18. The molecule has 0 aliphatic carbocycles. The summed E-state index contributed by atoms with van der Waals surface area (Å²) < 4.78 is 12.8. The van der Waals surface area contributed by atoms with E-state index >= 15 is 0 Å². The van der Waals surface area contributed by atoms with E-state index in [4.69, 9.17) is 0 Å². The van der Waals surface area contributed by atoms with Crippen LogP contribution in [-0.4, -0.2) is 31.1 Å². The van der Waals surface area contributed by atoms with E-state index in [2.05, 4.69) is 24.2 Å². The van der Waals surface area contributed by atoms with E-state index in [1.807, 2.05) is 12.1 Å². The van der Waals surface area contributed by atoms with E-state index in [1.54, 1.807) is 0 Å². The lowest BCUT2D eigenvalue weighted by atomic mass is 10.1. The summed E-state index contributed by atoms with van der Waals surface area (Å²) in [6.07, 6.45) is 1.20. The lowest BCUT2D eigenvalue weighted by molar-refractivity contribution is 0.387. The van der Waals surface area contributed by atoms with Crippen LogP contribution in [0, 0.1) is 5.82 Å². The second-order valence-electron chi connectivity index (χ2n) is 4.69. The minimum atomic E-state index is -0.170. The Kier molecular flexibility index (Phi) is 3.56. The van der Waals surface area contributed by atoms with Crippen molar-refractivity contribution in [3.8, 4) is 0 Å². The van der Waals surface area contributed by atoms with Crippen molar-refractivity contribution in [3.63, 3.8) is 0 Å². The van der Waals surface area contributed by atoms with E-state index in [0.29, 0.717) is 6.04 Å². The molecule has 1 aromatic carbocycles. The zero-order chi connectivity index (χ0) is 11.5. The van der Waals surface area contributed by atoms with Gasteiger partial charge in [0.2, 0.25) is 0 Å². The largest absolute Gasteiger partial charge is 0.306 e. The van der Waals surface area contributed by atoms with Gasteiger partial charge in [-0.3, -0.25) is 0 Å². The van der Waals surface area contributed by atoms with Gasteiger partial charge in [0.05, 0.1) is 0 Å². The summed E-state index contributed by atoms with van der Waals surface area (Å²) in [5, 5.41) is 3.58. The third kappa shape index (κ3) is 2.80. The molecule has 1 aromatic rings. The third-order valence-corrected chi connectivity index (χ3v) is 3.25. The molecular weight excluding hydrogens is 203 g/mol. The molecule has 0 amide bonds. The highest BCUT2D eigenvalue weighted by atomic mass is 19.1. The van der Waals surface area contributed by atoms with Crippen LogP contribution in [0.1, 0.15) is 24.9 Å². The molecule has 0 spiro atoms. The first-order valence-electron chi connectivity index (χ1n) is 5.85. The Hall–Kier alpha value is -0.930. The number of halogens is 1. The first-order chi connectivity index (χ1) is 7.65. The van der Waals surface area contributed by atoms with Gasteiger partial charge >= 0.3 is 0 Å².